The Morgan fingerprint density at radius 2 is 1.77 bits per heavy atom. The van der Waals surface area contributed by atoms with Crippen LogP contribution in [0, 0.1) is 0 Å². The molecule has 1 saturated heterocycles. The molecule has 2 aromatic rings. The number of carbonyl (C=O) groups is 1. The maximum Gasteiger partial charge on any atom is 0.255 e. The predicted octanol–water partition coefficient (Wildman–Crippen LogP) is 1.45. The van der Waals surface area contributed by atoms with Crippen LogP contribution in [0.4, 0.5) is 0 Å². The summed E-state index contributed by atoms with van der Waals surface area (Å²) >= 11 is 3.32. The third kappa shape index (κ3) is 4.47. The smallest absolute Gasteiger partial charge is 0.255 e. The summed E-state index contributed by atoms with van der Waals surface area (Å²) in [5.41, 5.74) is 1.49. The second-order valence-electron chi connectivity index (χ2n) is 6.11. The molecule has 1 amide bonds. The largest absolute Gasteiger partial charge is 0.336 e. The van der Waals surface area contributed by atoms with Gasteiger partial charge in [0.2, 0.25) is 10.0 Å². The summed E-state index contributed by atoms with van der Waals surface area (Å²) in [4.78, 5) is 20.7. The second kappa shape index (κ2) is 7.83. The quantitative estimate of drug-likeness (QED) is 0.778. The number of benzene rings is 1. The molecule has 7 nitrogen and oxygen atoms in total. The zero-order valence-corrected chi connectivity index (χ0v) is 16.4. The van der Waals surface area contributed by atoms with Crippen molar-refractivity contribution in [2.24, 2.45) is 5.14 Å². The molecule has 0 bridgehead atoms. The highest BCUT2D eigenvalue weighted by atomic mass is 79.9. The molecule has 0 unspecified atom stereocenters. The van der Waals surface area contributed by atoms with Gasteiger partial charge in [-0.15, -0.1) is 0 Å². The van der Waals surface area contributed by atoms with Gasteiger partial charge < -0.3 is 4.90 Å². The number of hydrogen-bond acceptors (Lipinski definition) is 5. The van der Waals surface area contributed by atoms with Crippen molar-refractivity contribution in [3.63, 3.8) is 0 Å². The molecule has 0 saturated carbocycles. The molecule has 26 heavy (non-hydrogen) atoms. The van der Waals surface area contributed by atoms with E-state index >= 15 is 0 Å². The number of amides is 1. The van der Waals surface area contributed by atoms with Gasteiger partial charge in [0.1, 0.15) is 0 Å². The molecule has 9 heteroatoms. The van der Waals surface area contributed by atoms with Gasteiger partial charge >= 0.3 is 0 Å². The van der Waals surface area contributed by atoms with Crippen molar-refractivity contribution in [2.45, 2.75) is 11.4 Å². The average Bonchev–Trinajstić information content (AvgIpc) is 2.62. The molecule has 1 aromatic carbocycles. The molecule has 0 aliphatic carbocycles. The number of nitrogens with two attached hydrogens (primary N) is 1. The van der Waals surface area contributed by atoms with Gasteiger partial charge in [-0.05, 0) is 51.8 Å². The summed E-state index contributed by atoms with van der Waals surface area (Å²) in [7, 11) is -3.85. The monoisotopic (exact) mass is 438 g/mol. The van der Waals surface area contributed by atoms with Gasteiger partial charge in [0.25, 0.3) is 5.91 Å². The van der Waals surface area contributed by atoms with Crippen LogP contribution in [-0.4, -0.2) is 55.3 Å². The summed E-state index contributed by atoms with van der Waals surface area (Å²) in [5, 5.41) is 5.17. The molecule has 0 radical (unpaired) electrons. The Hall–Kier alpha value is -1.81. The van der Waals surface area contributed by atoms with E-state index in [2.05, 4.69) is 25.8 Å². The van der Waals surface area contributed by atoms with Gasteiger partial charge in [0.05, 0.1) is 10.5 Å². The fraction of sp³-hybridized carbons (Fsp3) is 0.294. The van der Waals surface area contributed by atoms with Crippen LogP contribution in [0.1, 0.15) is 15.9 Å². The number of sulfonamides is 1. The number of aromatic nitrogens is 1. The van der Waals surface area contributed by atoms with Crippen LogP contribution >= 0.6 is 15.9 Å². The third-order valence-electron chi connectivity index (χ3n) is 4.31. The topological polar surface area (TPSA) is 96.6 Å². The maximum atomic E-state index is 12.8. The van der Waals surface area contributed by atoms with E-state index < -0.39 is 10.0 Å². The van der Waals surface area contributed by atoms with Crippen molar-refractivity contribution < 1.29 is 13.2 Å². The Morgan fingerprint density at radius 3 is 2.38 bits per heavy atom. The summed E-state index contributed by atoms with van der Waals surface area (Å²) in [5.74, 6) is -0.203. The molecule has 1 aromatic heterocycles. The lowest BCUT2D eigenvalue weighted by atomic mass is 10.1. The summed E-state index contributed by atoms with van der Waals surface area (Å²) in [6.45, 7) is 3.47. The number of piperazine rings is 1. The Labute approximate surface area is 161 Å². The number of primary sulfonamides is 1. The second-order valence-corrected chi connectivity index (χ2v) is 8.53. The van der Waals surface area contributed by atoms with E-state index in [-0.39, 0.29) is 10.8 Å². The maximum absolute atomic E-state index is 12.8. The van der Waals surface area contributed by atoms with Crippen molar-refractivity contribution in [3.05, 3.63) is 58.3 Å². The van der Waals surface area contributed by atoms with Crippen LogP contribution in [0.2, 0.25) is 0 Å². The fourth-order valence-electron chi connectivity index (χ4n) is 2.87. The van der Waals surface area contributed by atoms with E-state index in [9.17, 15) is 13.2 Å². The number of hydrogen-bond donors (Lipinski definition) is 1. The van der Waals surface area contributed by atoms with Gasteiger partial charge in [0.15, 0.2) is 0 Å². The minimum atomic E-state index is -3.85. The van der Waals surface area contributed by atoms with Crippen molar-refractivity contribution in [1.82, 2.24) is 14.8 Å². The Morgan fingerprint density at radius 1 is 1.12 bits per heavy atom. The molecule has 138 valence electrons. The zero-order valence-electron chi connectivity index (χ0n) is 14.0. The first kappa shape index (κ1) is 19.0. The van der Waals surface area contributed by atoms with Gasteiger partial charge in [-0.1, -0.05) is 0 Å². The minimum Gasteiger partial charge on any atom is -0.336 e. The predicted molar refractivity (Wildman–Crippen MR) is 101 cm³/mol. The standard InChI is InChI=1S/C17H19BrN4O3S/c18-16-2-1-14(26(19,24)25)11-15(16)17(23)22-9-7-21(8-10-22)12-13-3-5-20-6-4-13/h1-6,11H,7-10,12H2,(H2,19,24,25). The van der Waals surface area contributed by atoms with E-state index in [1.807, 2.05) is 12.1 Å². The highest BCUT2D eigenvalue weighted by Crippen LogP contribution is 2.23. The van der Waals surface area contributed by atoms with Crippen molar-refractivity contribution in [3.8, 4) is 0 Å². The van der Waals surface area contributed by atoms with Crippen LogP contribution in [0.3, 0.4) is 0 Å². The van der Waals surface area contributed by atoms with E-state index in [0.717, 1.165) is 19.6 Å². The first-order chi connectivity index (χ1) is 12.3. The highest BCUT2D eigenvalue weighted by Gasteiger charge is 2.24. The summed E-state index contributed by atoms with van der Waals surface area (Å²) < 4.78 is 23.6. The Kier molecular flexibility index (Phi) is 5.71. The first-order valence-electron chi connectivity index (χ1n) is 8.07. The molecule has 2 N–H and O–H groups in total. The lowest BCUT2D eigenvalue weighted by Crippen LogP contribution is -2.48. The van der Waals surface area contributed by atoms with Crippen LogP contribution in [0.15, 0.2) is 52.1 Å². The molecular formula is C17H19BrN4O3S. The van der Waals surface area contributed by atoms with E-state index in [0.29, 0.717) is 23.1 Å². The van der Waals surface area contributed by atoms with E-state index in [4.69, 9.17) is 5.14 Å². The molecule has 3 rings (SSSR count). The average molecular weight is 439 g/mol. The minimum absolute atomic E-state index is 0.0691. The summed E-state index contributed by atoms with van der Waals surface area (Å²) in [6, 6.07) is 8.20. The lowest BCUT2D eigenvalue weighted by Gasteiger charge is -2.35. The molecule has 0 atom stereocenters. The first-order valence-corrected chi connectivity index (χ1v) is 10.4. The van der Waals surface area contributed by atoms with Crippen LogP contribution < -0.4 is 5.14 Å². The third-order valence-corrected chi connectivity index (χ3v) is 5.91. The van der Waals surface area contributed by atoms with E-state index in [1.54, 1.807) is 17.3 Å². The Balaban J connectivity index is 1.67. The van der Waals surface area contributed by atoms with Gasteiger partial charge in [-0.3, -0.25) is 14.7 Å². The number of rotatable bonds is 4. The van der Waals surface area contributed by atoms with Gasteiger partial charge in [-0.25, -0.2) is 13.6 Å². The van der Waals surface area contributed by atoms with Gasteiger partial charge in [-0.2, -0.15) is 0 Å². The number of pyridine rings is 1. The van der Waals surface area contributed by atoms with Crippen LogP contribution in [0.5, 0.6) is 0 Å². The molecule has 1 aliphatic heterocycles. The van der Waals surface area contributed by atoms with Crippen LogP contribution in [-0.2, 0) is 16.6 Å². The molecule has 0 spiro atoms. The number of nitrogens with zero attached hydrogens (tertiary/aromatic N) is 3. The van der Waals surface area contributed by atoms with E-state index in [1.165, 1.54) is 23.8 Å². The molecule has 1 aliphatic rings. The van der Waals surface area contributed by atoms with Gasteiger partial charge in [0, 0.05) is 49.6 Å². The Bertz CT molecular complexity index is 897. The fourth-order valence-corrected chi connectivity index (χ4v) is 3.83. The number of carbonyl (C=O) groups excluding carboxylic acids is 1. The van der Waals surface area contributed by atoms with Crippen molar-refractivity contribution >= 4 is 31.9 Å². The normalized spacial score (nSPS) is 15.8. The summed E-state index contributed by atoms with van der Waals surface area (Å²) in [6.07, 6.45) is 3.54. The van der Waals surface area contributed by atoms with Crippen molar-refractivity contribution in [1.29, 1.82) is 0 Å². The molecule has 2 heterocycles. The highest BCUT2D eigenvalue weighted by molar-refractivity contribution is 9.10. The van der Waals surface area contributed by atoms with Crippen molar-refractivity contribution in [2.75, 3.05) is 26.2 Å². The zero-order chi connectivity index (χ0) is 18.7. The van der Waals surface area contributed by atoms with Crippen LogP contribution in [0.25, 0.3) is 0 Å². The number of halogens is 1. The molecular weight excluding hydrogens is 420 g/mol. The lowest BCUT2D eigenvalue weighted by molar-refractivity contribution is 0.0627. The molecule has 1 fully saturated rings. The SMILES string of the molecule is NS(=O)(=O)c1ccc(Br)c(C(=O)N2CCN(Cc3ccncc3)CC2)c1.